The van der Waals surface area contributed by atoms with Crippen LogP contribution < -0.4 is 5.43 Å². The zero-order chi connectivity index (χ0) is 8.55. The van der Waals surface area contributed by atoms with E-state index in [1.807, 2.05) is 0 Å². The molecule has 2 aliphatic rings. The van der Waals surface area contributed by atoms with Gasteiger partial charge in [0.2, 0.25) is 0 Å². The molecule has 0 saturated heterocycles. The molecule has 0 radical (unpaired) electrons. The number of carbonyl (C=O) groups is 1. The van der Waals surface area contributed by atoms with Gasteiger partial charge in [-0.3, -0.25) is 4.79 Å². The fourth-order valence-electron chi connectivity index (χ4n) is 1.21. The summed E-state index contributed by atoms with van der Waals surface area (Å²) >= 11 is 0. The number of hydrazone groups is 1. The minimum atomic E-state index is -0.219. The fraction of sp³-hybridized carbons (Fsp3) is 0.250. The molecule has 0 aromatic heterocycles. The Morgan fingerprint density at radius 3 is 3.25 bits per heavy atom. The smallest absolute Gasteiger partial charge is 0.253 e. The molecule has 4 heteroatoms. The summed E-state index contributed by atoms with van der Waals surface area (Å²) in [7, 11) is 1.58. The Hall–Kier alpha value is -1.58. The number of ether oxygens (including phenoxy) is 1. The third-order valence-corrected chi connectivity index (χ3v) is 1.88. The minimum Gasteiger partial charge on any atom is -0.497 e. The number of carbonyl (C=O) groups excluding carboxylic acids is 1. The number of nitrogens with one attached hydrogen (secondary N) is 1. The summed E-state index contributed by atoms with van der Waals surface area (Å²) in [6.45, 7) is 0. The number of hydrogen-bond acceptors (Lipinski definition) is 3. The average Bonchev–Trinajstić information content (AvgIpc) is 2.47. The highest BCUT2D eigenvalue weighted by molar-refractivity contribution is 6.15. The first-order valence-electron chi connectivity index (χ1n) is 3.62. The first-order chi connectivity index (χ1) is 5.81. The Morgan fingerprint density at radius 2 is 2.50 bits per heavy atom. The monoisotopic (exact) mass is 164 g/mol. The molecular weight excluding hydrogens is 156 g/mol. The van der Waals surface area contributed by atoms with Crippen molar-refractivity contribution in [3.63, 3.8) is 0 Å². The van der Waals surface area contributed by atoms with Crippen molar-refractivity contribution in [1.82, 2.24) is 5.43 Å². The number of fused-ring (bicyclic) bond motifs is 1. The average molecular weight is 164 g/mol. The third-order valence-electron chi connectivity index (χ3n) is 1.88. The summed E-state index contributed by atoms with van der Waals surface area (Å²) in [5, 5.41) is 3.85. The largest absolute Gasteiger partial charge is 0.497 e. The lowest BCUT2D eigenvalue weighted by Crippen LogP contribution is -2.22. The Kier molecular flexibility index (Phi) is 1.46. The molecule has 1 heterocycles. The number of methoxy groups -OCH3 is 1. The summed E-state index contributed by atoms with van der Waals surface area (Å²) in [6.07, 6.45) is 5.30. The normalized spacial score (nSPS) is 25.8. The quantitative estimate of drug-likeness (QED) is 0.601. The summed E-state index contributed by atoms with van der Waals surface area (Å²) in [5.41, 5.74) is 3.13. The van der Waals surface area contributed by atoms with Crippen molar-refractivity contribution >= 4 is 11.6 Å². The maximum Gasteiger partial charge on any atom is 0.253 e. The second-order valence-electron chi connectivity index (χ2n) is 2.60. The third kappa shape index (κ3) is 0.922. The van der Waals surface area contributed by atoms with Gasteiger partial charge in [-0.05, 0) is 6.08 Å². The summed E-state index contributed by atoms with van der Waals surface area (Å²) < 4.78 is 4.99. The van der Waals surface area contributed by atoms with E-state index in [0.29, 0.717) is 0 Å². The summed E-state index contributed by atoms with van der Waals surface area (Å²) in [4.78, 5) is 11.1. The second-order valence-corrected chi connectivity index (χ2v) is 2.60. The molecule has 4 nitrogen and oxygen atoms in total. The zero-order valence-electron chi connectivity index (χ0n) is 6.57. The molecule has 0 saturated carbocycles. The molecule has 0 bridgehead atoms. The van der Waals surface area contributed by atoms with E-state index in [1.54, 1.807) is 25.3 Å². The summed E-state index contributed by atoms with van der Waals surface area (Å²) in [5.74, 6) is 0.429. The van der Waals surface area contributed by atoms with Crippen molar-refractivity contribution in [2.75, 3.05) is 7.11 Å². The van der Waals surface area contributed by atoms with E-state index in [2.05, 4.69) is 10.5 Å². The Balaban J connectivity index is 2.30. The van der Waals surface area contributed by atoms with Crippen molar-refractivity contribution < 1.29 is 9.53 Å². The van der Waals surface area contributed by atoms with Gasteiger partial charge < -0.3 is 4.74 Å². The van der Waals surface area contributed by atoms with Gasteiger partial charge in [0.25, 0.3) is 5.91 Å². The van der Waals surface area contributed by atoms with E-state index < -0.39 is 0 Å². The minimum absolute atomic E-state index is 0.0762. The highest BCUT2D eigenvalue weighted by Crippen LogP contribution is 2.17. The maximum absolute atomic E-state index is 11.1. The van der Waals surface area contributed by atoms with Crippen LogP contribution in [0.25, 0.3) is 0 Å². The van der Waals surface area contributed by atoms with Crippen LogP contribution in [0.2, 0.25) is 0 Å². The second kappa shape index (κ2) is 2.48. The van der Waals surface area contributed by atoms with Crippen LogP contribution in [-0.4, -0.2) is 18.7 Å². The van der Waals surface area contributed by atoms with Crippen molar-refractivity contribution in [2.45, 2.75) is 0 Å². The van der Waals surface area contributed by atoms with E-state index in [1.165, 1.54) is 0 Å². The predicted molar refractivity (Wildman–Crippen MR) is 43.3 cm³/mol. The highest BCUT2D eigenvalue weighted by Gasteiger charge is 2.28. The molecule has 2 rings (SSSR count). The fourth-order valence-corrected chi connectivity index (χ4v) is 1.21. The number of allylic oxidation sites excluding steroid dienone is 2. The Morgan fingerprint density at radius 1 is 1.67 bits per heavy atom. The topological polar surface area (TPSA) is 50.7 Å². The molecule has 1 N–H and O–H groups in total. The molecule has 0 spiro atoms. The van der Waals surface area contributed by atoms with E-state index >= 15 is 0 Å². The lowest BCUT2D eigenvalue weighted by Gasteiger charge is -2.08. The van der Waals surface area contributed by atoms with Crippen LogP contribution in [0.5, 0.6) is 0 Å². The van der Waals surface area contributed by atoms with Crippen molar-refractivity contribution in [3.05, 3.63) is 24.0 Å². The molecule has 62 valence electrons. The van der Waals surface area contributed by atoms with Crippen molar-refractivity contribution in [1.29, 1.82) is 0 Å². The number of nitrogens with zero attached hydrogens (tertiary/aromatic N) is 1. The lowest BCUT2D eigenvalue weighted by atomic mass is 9.98. The molecule has 0 aromatic rings. The number of rotatable bonds is 1. The van der Waals surface area contributed by atoms with Gasteiger partial charge in [-0.25, -0.2) is 5.43 Å². The Bertz CT molecular complexity index is 315. The molecule has 1 unspecified atom stereocenters. The van der Waals surface area contributed by atoms with Crippen molar-refractivity contribution in [2.24, 2.45) is 11.0 Å². The van der Waals surface area contributed by atoms with Gasteiger partial charge in [-0.1, -0.05) is 6.08 Å². The van der Waals surface area contributed by atoms with Crippen LogP contribution in [-0.2, 0) is 9.53 Å². The number of hydrogen-bond donors (Lipinski definition) is 1. The van der Waals surface area contributed by atoms with Crippen LogP contribution in [0.4, 0.5) is 0 Å². The first-order valence-corrected chi connectivity index (χ1v) is 3.62. The van der Waals surface area contributed by atoms with E-state index in [-0.39, 0.29) is 11.8 Å². The number of amides is 1. The van der Waals surface area contributed by atoms with Crippen LogP contribution in [0.1, 0.15) is 0 Å². The van der Waals surface area contributed by atoms with Crippen molar-refractivity contribution in [3.8, 4) is 0 Å². The summed E-state index contributed by atoms with van der Waals surface area (Å²) in [6, 6.07) is 0. The van der Waals surface area contributed by atoms with E-state index in [9.17, 15) is 4.79 Å². The van der Waals surface area contributed by atoms with Gasteiger partial charge in [0, 0.05) is 6.08 Å². The standard InChI is InChI=1S/C8H8N2O2/c1-12-5-2-3-6-7(4-5)9-10-8(6)11/h2-4,6H,1H3,(H,10,11). The van der Waals surface area contributed by atoms with Gasteiger partial charge in [0.1, 0.15) is 11.7 Å². The Labute approximate surface area is 69.6 Å². The zero-order valence-corrected chi connectivity index (χ0v) is 6.57. The highest BCUT2D eigenvalue weighted by atomic mass is 16.5. The first kappa shape index (κ1) is 7.09. The molecular formula is C8H8N2O2. The SMILES string of the molecule is COC1=CC2=NNC(=O)C2C=C1. The van der Waals surface area contributed by atoms with Gasteiger partial charge in [-0.15, -0.1) is 0 Å². The maximum atomic E-state index is 11.1. The van der Waals surface area contributed by atoms with E-state index in [4.69, 9.17) is 4.74 Å². The molecule has 12 heavy (non-hydrogen) atoms. The van der Waals surface area contributed by atoms with Crippen LogP contribution in [0.3, 0.4) is 0 Å². The lowest BCUT2D eigenvalue weighted by molar-refractivity contribution is -0.121. The molecule has 1 amide bonds. The molecule has 1 atom stereocenters. The van der Waals surface area contributed by atoms with Crippen LogP contribution >= 0.6 is 0 Å². The van der Waals surface area contributed by atoms with E-state index in [0.717, 1.165) is 11.5 Å². The molecule has 0 fully saturated rings. The van der Waals surface area contributed by atoms with Gasteiger partial charge in [0.15, 0.2) is 0 Å². The van der Waals surface area contributed by atoms with Gasteiger partial charge in [0.05, 0.1) is 12.8 Å². The van der Waals surface area contributed by atoms with Crippen LogP contribution in [0.15, 0.2) is 29.1 Å². The molecule has 1 aliphatic heterocycles. The van der Waals surface area contributed by atoms with Crippen LogP contribution in [0, 0.1) is 5.92 Å². The van der Waals surface area contributed by atoms with Gasteiger partial charge in [-0.2, -0.15) is 5.10 Å². The molecule has 1 aliphatic carbocycles. The predicted octanol–water partition coefficient (Wildman–Crippen LogP) is 0.188. The van der Waals surface area contributed by atoms with Gasteiger partial charge >= 0.3 is 0 Å². The molecule has 0 aromatic carbocycles.